The number of halogens is 2. The molecule has 27 heavy (non-hydrogen) atoms. The van der Waals surface area contributed by atoms with E-state index in [1.165, 1.54) is 0 Å². The zero-order chi connectivity index (χ0) is 19.8. The third-order valence-corrected chi connectivity index (χ3v) is 5.91. The van der Waals surface area contributed by atoms with Gasteiger partial charge < -0.3 is 14.5 Å². The van der Waals surface area contributed by atoms with Crippen LogP contribution in [0.5, 0.6) is 0 Å². The fraction of sp³-hybridized carbons (Fsp3) is 0.600. The topological polar surface area (TPSA) is 49.9 Å². The number of amides is 2. The van der Waals surface area contributed by atoms with Gasteiger partial charge in [0.05, 0.1) is 21.7 Å². The van der Waals surface area contributed by atoms with E-state index in [1.807, 2.05) is 25.7 Å². The SMILES string of the molecule is CC(C)(C)OC(=O)N1CCC(N(C(=O)c2cccc(Cl)c2Cl)C2CCC2)C1. The highest BCUT2D eigenvalue weighted by Crippen LogP contribution is 2.34. The summed E-state index contributed by atoms with van der Waals surface area (Å²) in [5.74, 6) is -0.108. The van der Waals surface area contributed by atoms with Crippen molar-refractivity contribution in [2.24, 2.45) is 0 Å². The van der Waals surface area contributed by atoms with Crippen LogP contribution in [0.1, 0.15) is 56.8 Å². The molecule has 2 aliphatic rings. The van der Waals surface area contributed by atoms with E-state index in [9.17, 15) is 9.59 Å². The molecule has 1 atom stereocenters. The van der Waals surface area contributed by atoms with Gasteiger partial charge in [0.1, 0.15) is 5.60 Å². The summed E-state index contributed by atoms with van der Waals surface area (Å²) in [6.45, 7) is 6.62. The van der Waals surface area contributed by atoms with E-state index in [2.05, 4.69) is 0 Å². The lowest BCUT2D eigenvalue weighted by molar-refractivity contribution is 0.0244. The summed E-state index contributed by atoms with van der Waals surface area (Å²) in [6.07, 6.45) is 3.48. The van der Waals surface area contributed by atoms with E-state index < -0.39 is 5.60 Å². The quantitative estimate of drug-likeness (QED) is 0.701. The first-order chi connectivity index (χ1) is 12.7. The number of hydrogen-bond acceptors (Lipinski definition) is 3. The fourth-order valence-corrected chi connectivity index (χ4v) is 3.95. The average Bonchev–Trinajstić information content (AvgIpc) is 3.01. The Morgan fingerprint density at radius 1 is 1.15 bits per heavy atom. The number of carbonyl (C=O) groups is 2. The maximum absolute atomic E-state index is 13.3. The Morgan fingerprint density at radius 3 is 2.44 bits per heavy atom. The highest BCUT2D eigenvalue weighted by Gasteiger charge is 2.40. The largest absolute Gasteiger partial charge is 0.444 e. The number of hydrogen-bond donors (Lipinski definition) is 0. The van der Waals surface area contributed by atoms with Gasteiger partial charge in [0.2, 0.25) is 0 Å². The molecule has 0 aromatic heterocycles. The van der Waals surface area contributed by atoms with Gasteiger partial charge in [-0.3, -0.25) is 4.79 Å². The summed E-state index contributed by atoms with van der Waals surface area (Å²) in [5, 5.41) is 0.661. The lowest BCUT2D eigenvalue weighted by Crippen LogP contribution is -2.51. The van der Waals surface area contributed by atoms with Gasteiger partial charge >= 0.3 is 6.09 Å². The first-order valence-corrected chi connectivity index (χ1v) is 10.2. The third kappa shape index (κ3) is 4.52. The van der Waals surface area contributed by atoms with Gasteiger partial charge in [-0.2, -0.15) is 0 Å². The van der Waals surface area contributed by atoms with Crippen LogP contribution in [-0.2, 0) is 4.74 Å². The Hall–Kier alpha value is -1.46. The number of rotatable bonds is 3. The van der Waals surface area contributed by atoms with Crippen LogP contribution >= 0.6 is 23.2 Å². The van der Waals surface area contributed by atoms with Crippen LogP contribution < -0.4 is 0 Å². The van der Waals surface area contributed by atoms with Gasteiger partial charge in [-0.05, 0) is 58.6 Å². The fourth-order valence-electron chi connectivity index (χ4n) is 3.56. The molecule has 1 heterocycles. The van der Waals surface area contributed by atoms with Gasteiger partial charge in [-0.25, -0.2) is 4.79 Å². The predicted octanol–water partition coefficient (Wildman–Crippen LogP) is 5.00. The lowest BCUT2D eigenvalue weighted by Gasteiger charge is -2.41. The third-order valence-electron chi connectivity index (χ3n) is 5.09. The minimum absolute atomic E-state index is 0.0367. The Morgan fingerprint density at radius 2 is 1.85 bits per heavy atom. The Bertz CT molecular complexity index is 728. The Balaban J connectivity index is 1.77. The van der Waals surface area contributed by atoms with E-state index in [4.69, 9.17) is 27.9 Å². The Labute approximate surface area is 170 Å². The molecular weight excluding hydrogens is 387 g/mol. The van der Waals surface area contributed by atoms with Gasteiger partial charge in [-0.15, -0.1) is 0 Å². The number of benzene rings is 1. The normalized spacial score (nSPS) is 20.3. The molecule has 148 valence electrons. The van der Waals surface area contributed by atoms with Crippen molar-refractivity contribution in [1.29, 1.82) is 0 Å². The standard InChI is InChI=1S/C20H26Cl2N2O3/c1-20(2,3)27-19(26)23-11-10-14(12-23)24(13-6-4-7-13)18(25)15-8-5-9-16(21)17(15)22/h5,8-9,13-14H,4,6-7,10-12H2,1-3H3. The maximum atomic E-state index is 13.3. The molecule has 1 aliphatic heterocycles. The second-order valence-electron chi connectivity index (χ2n) is 8.27. The van der Waals surface area contributed by atoms with Gasteiger partial charge in [0, 0.05) is 19.1 Å². The van der Waals surface area contributed by atoms with Gasteiger partial charge in [0.25, 0.3) is 5.91 Å². The smallest absolute Gasteiger partial charge is 0.410 e. The van der Waals surface area contributed by atoms with Crippen molar-refractivity contribution >= 4 is 35.2 Å². The van der Waals surface area contributed by atoms with Crippen molar-refractivity contribution in [2.75, 3.05) is 13.1 Å². The zero-order valence-electron chi connectivity index (χ0n) is 16.0. The molecule has 1 aromatic rings. The first-order valence-electron chi connectivity index (χ1n) is 9.42. The zero-order valence-corrected chi connectivity index (χ0v) is 17.5. The molecule has 7 heteroatoms. The molecule has 1 unspecified atom stereocenters. The second kappa shape index (κ2) is 7.88. The van der Waals surface area contributed by atoms with E-state index >= 15 is 0 Å². The van der Waals surface area contributed by atoms with Crippen LogP contribution in [0.25, 0.3) is 0 Å². The lowest BCUT2D eigenvalue weighted by atomic mass is 9.89. The Kier molecular flexibility index (Phi) is 5.92. The van der Waals surface area contributed by atoms with Crippen molar-refractivity contribution in [3.05, 3.63) is 33.8 Å². The number of likely N-dealkylation sites (tertiary alicyclic amines) is 1. The highest BCUT2D eigenvalue weighted by molar-refractivity contribution is 6.43. The van der Waals surface area contributed by atoms with Gasteiger partial charge in [-0.1, -0.05) is 29.3 Å². The second-order valence-corrected chi connectivity index (χ2v) is 9.05. The van der Waals surface area contributed by atoms with Crippen molar-refractivity contribution in [2.45, 2.75) is 64.1 Å². The van der Waals surface area contributed by atoms with Crippen LogP contribution in [0.3, 0.4) is 0 Å². The molecule has 0 spiro atoms. The predicted molar refractivity (Wildman–Crippen MR) is 106 cm³/mol. The summed E-state index contributed by atoms with van der Waals surface area (Å²) < 4.78 is 5.48. The minimum atomic E-state index is -0.535. The summed E-state index contributed by atoms with van der Waals surface area (Å²) in [7, 11) is 0. The van der Waals surface area contributed by atoms with E-state index in [-0.39, 0.29) is 29.1 Å². The maximum Gasteiger partial charge on any atom is 0.410 e. The molecule has 0 N–H and O–H groups in total. The van der Waals surface area contributed by atoms with Crippen molar-refractivity contribution in [3.8, 4) is 0 Å². The molecule has 0 bridgehead atoms. The van der Waals surface area contributed by atoms with Crippen LogP contribution in [0.4, 0.5) is 4.79 Å². The molecule has 1 saturated carbocycles. The molecule has 1 aliphatic carbocycles. The van der Waals surface area contributed by atoms with Crippen molar-refractivity contribution in [3.63, 3.8) is 0 Å². The highest BCUT2D eigenvalue weighted by atomic mass is 35.5. The van der Waals surface area contributed by atoms with Crippen LogP contribution in [0.15, 0.2) is 18.2 Å². The number of ether oxygens (including phenoxy) is 1. The molecule has 3 rings (SSSR count). The molecule has 1 saturated heterocycles. The van der Waals surface area contributed by atoms with Crippen LogP contribution in [-0.4, -0.2) is 52.6 Å². The average molecular weight is 413 g/mol. The number of nitrogens with zero attached hydrogens (tertiary/aromatic N) is 2. The molecule has 5 nitrogen and oxygen atoms in total. The van der Waals surface area contributed by atoms with Crippen LogP contribution in [0, 0.1) is 0 Å². The molecule has 2 fully saturated rings. The van der Waals surface area contributed by atoms with E-state index in [0.29, 0.717) is 23.7 Å². The first kappa shape index (κ1) is 20.3. The summed E-state index contributed by atoms with van der Waals surface area (Å²) in [4.78, 5) is 29.3. The van der Waals surface area contributed by atoms with E-state index in [0.717, 1.165) is 25.7 Å². The molecule has 1 aromatic carbocycles. The molecular formula is C20H26Cl2N2O3. The minimum Gasteiger partial charge on any atom is -0.444 e. The van der Waals surface area contributed by atoms with Gasteiger partial charge in [0.15, 0.2) is 0 Å². The van der Waals surface area contributed by atoms with Crippen LogP contribution in [0.2, 0.25) is 10.0 Å². The van der Waals surface area contributed by atoms with E-state index in [1.54, 1.807) is 23.1 Å². The summed E-state index contributed by atoms with van der Waals surface area (Å²) >= 11 is 12.4. The molecule has 0 radical (unpaired) electrons. The molecule has 2 amide bonds. The van der Waals surface area contributed by atoms with Crippen molar-refractivity contribution < 1.29 is 14.3 Å². The summed E-state index contributed by atoms with van der Waals surface area (Å²) in [5.41, 5.74) is -0.112. The monoisotopic (exact) mass is 412 g/mol. The number of carbonyl (C=O) groups excluding carboxylic acids is 2. The van der Waals surface area contributed by atoms with Crippen molar-refractivity contribution in [1.82, 2.24) is 9.80 Å². The summed E-state index contributed by atoms with van der Waals surface area (Å²) in [6, 6.07) is 5.28.